The first-order valence-electron chi connectivity index (χ1n) is 6.80. The highest BCUT2D eigenvalue weighted by Crippen LogP contribution is 2.27. The maximum atomic E-state index is 12.4. The van der Waals surface area contributed by atoms with Crippen molar-refractivity contribution in [1.82, 2.24) is 5.32 Å². The van der Waals surface area contributed by atoms with E-state index in [0.717, 1.165) is 18.6 Å². The van der Waals surface area contributed by atoms with Crippen LogP contribution in [0, 0.1) is 0 Å². The van der Waals surface area contributed by atoms with Crippen LogP contribution >= 0.6 is 11.3 Å². The van der Waals surface area contributed by atoms with Crippen LogP contribution in [0.15, 0.2) is 28.9 Å². The van der Waals surface area contributed by atoms with Gasteiger partial charge in [0.05, 0.1) is 31.0 Å². The number of carbonyl (C=O) groups excluding carboxylic acids is 1. The normalized spacial score (nSPS) is 15.5. The zero-order chi connectivity index (χ0) is 14.7. The molecule has 5 nitrogen and oxygen atoms in total. The first-order valence-corrected chi connectivity index (χ1v) is 7.62. The quantitative estimate of drug-likeness (QED) is 0.922. The molecular formula is C15H17NO4S. The van der Waals surface area contributed by atoms with Crippen molar-refractivity contribution in [3.8, 4) is 0 Å². The minimum Gasteiger partial charge on any atom is -0.467 e. The first-order chi connectivity index (χ1) is 10.3. The Morgan fingerprint density at radius 1 is 1.57 bits per heavy atom. The number of hydrogen-bond donors (Lipinski definition) is 1. The SMILES string of the molecule is COCC(NC(=O)c1cc2c(s1)CCOC2)c1ccco1. The number of methoxy groups -OCH3 is 1. The molecule has 1 unspecified atom stereocenters. The molecule has 112 valence electrons. The van der Waals surface area contributed by atoms with Crippen molar-refractivity contribution >= 4 is 17.2 Å². The van der Waals surface area contributed by atoms with Crippen molar-refractivity contribution in [3.05, 3.63) is 45.5 Å². The van der Waals surface area contributed by atoms with Gasteiger partial charge in [-0.05, 0) is 23.8 Å². The molecule has 0 fully saturated rings. The van der Waals surface area contributed by atoms with Crippen molar-refractivity contribution in [2.24, 2.45) is 0 Å². The molecule has 1 N–H and O–H groups in total. The lowest BCUT2D eigenvalue weighted by Gasteiger charge is -2.15. The van der Waals surface area contributed by atoms with Gasteiger partial charge in [0.2, 0.25) is 0 Å². The monoisotopic (exact) mass is 307 g/mol. The number of furan rings is 1. The summed E-state index contributed by atoms with van der Waals surface area (Å²) in [6, 6.07) is 5.26. The third-order valence-corrected chi connectivity index (χ3v) is 4.61. The third-order valence-electron chi connectivity index (χ3n) is 3.38. The molecule has 0 aliphatic carbocycles. The fourth-order valence-electron chi connectivity index (χ4n) is 2.34. The molecule has 2 aromatic rings. The molecule has 1 amide bonds. The molecule has 1 aliphatic heterocycles. The molecule has 0 saturated heterocycles. The van der Waals surface area contributed by atoms with Gasteiger partial charge in [-0.25, -0.2) is 0 Å². The van der Waals surface area contributed by atoms with Crippen molar-refractivity contribution in [2.45, 2.75) is 19.1 Å². The number of ether oxygens (including phenoxy) is 2. The second-order valence-electron chi connectivity index (χ2n) is 4.86. The Balaban J connectivity index is 1.73. The van der Waals surface area contributed by atoms with E-state index in [1.807, 2.05) is 12.1 Å². The van der Waals surface area contributed by atoms with Gasteiger partial charge in [0.15, 0.2) is 0 Å². The summed E-state index contributed by atoms with van der Waals surface area (Å²) in [6.07, 6.45) is 2.47. The average molecular weight is 307 g/mol. The van der Waals surface area contributed by atoms with Crippen LogP contribution in [0.4, 0.5) is 0 Å². The van der Waals surface area contributed by atoms with Crippen LogP contribution in [-0.2, 0) is 22.5 Å². The number of hydrogen-bond acceptors (Lipinski definition) is 5. The van der Waals surface area contributed by atoms with Gasteiger partial charge in [-0.15, -0.1) is 11.3 Å². The van der Waals surface area contributed by atoms with Crippen LogP contribution in [0.1, 0.15) is 31.9 Å². The van der Waals surface area contributed by atoms with Gasteiger partial charge in [0, 0.05) is 18.4 Å². The van der Waals surface area contributed by atoms with Gasteiger partial charge in [0.25, 0.3) is 5.91 Å². The second-order valence-corrected chi connectivity index (χ2v) is 6.00. The number of thiophene rings is 1. The molecule has 21 heavy (non-hydrogen) atoms. The van der Waals surface area contributed by atoms with E-state index in [-0.39, 0.29) is 11.9 Å². The fraction of sp³-hybridized carbons (Fsp3) is 0.400. The van der Waals surface area contributed by atoms with E-state index in [0.29, 0.717) is 23.9 Å². The van der Waals surface area contributed by atoms with E-state index < -0.39 is 0 Å². The molecular weight excluding hydrogens is 290 g/mol. The molecule has 3 heterocycles. The summed E-state index contributed by atoms with van der Waals surface area (Å²) in [5.41, 5.74) is 1.12. The highest BCUT2D eigenvalue weighted by molar-refractivity contribution is 7.14. The molecule has 0 saturated carbocycles. The molecule has 1 atom stereocenters. The van der Waals surface area contributed by atoms with E-state index in [1.54, 1.807) is 19.4 Å². The molecule has 0 bridgehead atoms. The van der Waals surface area contributed by atoms with Crippen LogP contribution in [0.5, 0.6) is 0 Å². The van der Waals surface area contributed by atoms with Crippen molar-refractivity contribution < 1.29 is 18.7 Å². The lowest BCUT2D eigenvalue weighted by atomic mass is 10.2. The molecule has 6 heteroatoms. The van der Waals surface area contributed by atoms with E-state index in [1.165, 1.54) is 16.2 Å². The maximum Gasteiger partial charge on any atom is 0.262 e. The van der Waals surface area contributed by atoms with Crippen molar-refractivity contribution in [1.29, 1.82) is 0 Å². The Kier molecular flexibility index (Phi) is 4.38. The summed E-state index contributed by atoms with van der Waals surface area (Å²) < 4.78 is 15.9. The summed E-state index contributed by atoms with van der Waals surface area (Å²) >= 11 is 1.54. The van der Waals surface area contributed by atoms with Crippen LogP contribution in [0.25, 0.3) is 0 Å². The largest absolute Gasteiger partial charge is 0.467 e. The van der Waals surface area contributed by atoms with Gasteiger partial charge < -0.3 is 19.2 Å². The van der Waals surface area contributed by atoms with Gasteiger partial charge in [-0.3, -0.25) is 4.79 Å². The van der Waals surface area contributed by atoms with Crippen molar-refractivity contribution in [3.63, 3.8) is 0 Å². The van der Waals surface area contributed by atoms with E-state index in [4.69, 9.17) is 13.9 Å². The molecule has 0 radical (unpaired) electrons. The summed E-state index contributed by atoms with van der Waals surface area (Å²) in [7, 11) is 1.60. The summed E-state index contributed by atoms with van der Waals surface area (Å²) in [6.45, 7) is 1.69. The molecule has 0 spiro atoms. The predicted molar refractivity (Wildman–Crippen MR) is 78.5 cm³/mol. The zero-order valence-electron chi connectivity index (χ0n) is 11.8. The smallest absolute Gasteiger partial charge is 0.262 e. The number of rotatable bonds is 5. The Hall–Kier alpha value is -1.63. The number of carbonyl (C=O) groups is 1. The zero-order valence-corrected chi connectivity index (χ0v) is 12.6. The lowest BCUT2D eigenvalue weighted by molar-refractivity contribution is 0.0886. The molecule has 0 aromatic carbocycles. The molecule has 3 rings (SSSR count). The Labute approximate surface area is 126 Å². The number of nitrogens with one attached hydrogen (secondary N) is 1. The number of amides is 1. The highest BCUT2D eigenvalue weighted by atomic mass is 32.1. The predicted octanol–water partition coefficient (Wildman–Crippen LogP) is 2.53. The summed E-state index contributed by atoms with van der Waals surface area (Å²) in [5.74, 6) is 0.586. The van der Waals surface area contributed by atoms with Crippen LogP contribution in [0.2, 0.25) is 0 Å². The van der Waals surface area contributed by atoms with Gasteiger partial charge in [0.1, 0.15) is 11.8 Å². The first kappa shape index (κ1) is 14.3. The van der Waals surface area contributed by atoms with Gasteiger partial charge >= 0.3 is 0 Å². The fourth-order valence-corrected chi connectivity index (χ4v) is 3.39. The Morgan fingerprint density at radius 2 is 2.48 bits per heavy atom. The van der Waals surface area contributed by atoms with Crippen LogP contribution in [-0.4, -0.2) is 26.2 Å². The van der Waals surface area contributed by atoms with E-state index in [2.05, 4.69) is 5.32 Å². The maximum absolute atomic E-state index is 12.4. The number of fused-ring (bicyclic) bond motifs is 1. The second kappa shape index (κ2) is 6.43. The minimum atomic E-state index is -0.284. The van der Waals surface area contributed by atoms with Crippen LogP contribution in [0.3, 0.4) is 0 Å². The lowest BCUT2D eigenvalue weighted by Crippen LogP contribution is -2.30. The van der Waals surface area contributed by atoms with E-state index in [9.17, 15) is 4.79 Å². The molecule has 2 aromatic heterocycles. The minimum absolute atomic E-state index is 0.104. The van der Waals surface area contributed by atoms with Crippen molar-refractivity contribution in [2.75, 3.05) is 20.3 Å². The summed E-state index contributed by atoms with van der Waals surface area (Å²) in [5, 5.41) is 2.96. The third kappa shape index (κ3) is 3.18. The van der Waals surface area contributed by atoms with E-state index >= 15 is 0 Å². The standard InChI is InChI=1S/C15H17NO4S/c1-18-9-11(12-3-2-5-20-12)16-15(17)14-7-10-8-19-6-4-13(10)21-14/h2-3,5,7,11H,4,6,8-9H2,1H3,(H,16,17). The molecule has 1 aliphatic rings. The highest BCUT2D eigenvalue weighted by Gasteiger charge is 2.21. The summed E-state index contributed by atoms with van der Waals surface area (Å²) in [4.78, 5) is 14.4. The van der Waals surface area contributed by atoms with Gasteiger partial charge in [-0.1, -0.05) is 0 Å². The van der Waals surface area contributed by atoms with Gasteiger partial charge in [-0.2, -0.15) is 0 Å². The Bertz CT molecular complexity index is 582. The van der Waals surface area contributed by atoms with Crippen LogP contribution < -0.4 is 5.32 Å². The average Bonchev–Trinajstić information content (AvgIpc) is 3.16. The Morgan fingerprint density at radius 3 is 3.19 bits per heavy atom. The topological polar surface area (TPSA) is 60.7 Å².